The minimum absolute atomic E-state index is 0.208. The van der Waals surface area contributed by atoms with Gasteiger partial charge in [-0.15, -0.1) is 0 Å². The largest absolute Gasteiger partial charge is 0.494 e. The number of sulfonamides is 1. The highest BCUT2D eigenvalue weighted by atomic mass is 32.2. The Morgan fingerprint density at radius 3 is 2.41 bits per heavy atom. The summed E-state index contributed by atoms with van der Waals surface area (Å²) in [6, 6.07) is 8.25. The Morgan fingerprint density at radius 1 is 1.18 bits per heavy atom. The zero-order valence-corrected chi connectivity index (χ0v) is 13.9. The van der Waals surface area contributed by atoms with Gasteiger partial charge in [0.25, 0.3) is 0 Å². The van der Waals surface area contributed by atoms with E-state index >= 15 is 0 Å². The predicted molar refractivity (Wildman–Crippen MR) is 84.4 cm³/mol. The van der Waals surface area contributed by atoms with E-state index in [1.807, 2.05) is 26.8 Å². The Hall–Kier alpha value is -1.79. The molecule has 0 spiro atoms. The standard InChI is InChI=1S/C16H21NO4S/c1-4-9-20-15-5-7-16(8-6-15)22(18,19)17-11-14-10-12(2)21-13(14)3/h5-8,10,17H,4,9,11H2,1-3H3. The van der Waals surface area contributed by atoms with Crippen molar-refractivity contribution in [1.82, 2.24) is 4.72 Å². The maximum absolute atomic E-state index is 12.3. The van der Waals surface area contributed by atoms with Crippen LogP contribution in [-0.4, -0.2) is 15.0 Å². The first-order valence-corrected chi connectivity index (χ1v) is 8.69. The molecule has 1 aromatic carbocycles. The summed E-state index contributed by atoms with van der Waals surface area (Å²) >= 11 is 0. The lowest BCUT2D eigenvalue weighted by Crippen LogP contribution is -2.23. The highest BCUT2D eigenvalue weighted by Gasteiger charge is 2.15. The Morgan fingerprint density at radius 2 is 1.86 bits per heavy atom. The van der Waals surface area contributed by atoms with Gasteiger partial charge in [0.1, 0.15) is 17.3 Å². The smallest absolute Gasteiger partial charge is 0.240 e. The molecule has 22 heavy (non-hydrogen) atoms. The van der Waals surface area contributed by atoms with Crippen molar-refractivity contribution in [3.63, 3.8) is 0 Å². The first-order valence-electron chi connectivity index (χ1n) is 7.21. The lowest BCUT2D eigenvalue weighted by atomic mass is 10.2. The van der Waals surface area contributed by atoms with E-state index in [4.69, 9.17) is 9.15 Å². The van der Waals surface area contributed by atoms with Crippen LogP contribution in [0.1, 0.15) is 30.4 Å². The van der Waals surface area contributed by atoms with Crippen LogP contribution in [0.4, 0.5) is 0 Å². The van der Waals surface area contributed by atoms with E-state index in [9.17, 15) is 8.42 Å². The van der Waals surface area contributed by atoms with Crippen molar-refractivity contribution < 1.29 is 17.6 Å². The van der Waals surface area contributed by atoms with E-state index in [-0.39, 0.29) is 11.4 Å². The van der Waals surface area contributed by atoms with Crippen molar-refractivity contribution in [3.05, 3.63) is 47.4 Å². The van der Waals surface area contributed by atoms with Gasteiger partial charge in [-0.3, -0.25) is 0 Å². The highest BCUT2D eigenvalue weighted by Crippen LogP contribution is 2.18. The maximum atomic E-state index is 12.3. The summed E-state index contributed by atoms with van der Waals surface area (Å²) in [7, 11) is -3.55. The van der Waals surface area contributed by atoms with E-state index in [0.717, 1.165) is 23.5 Å². The van der Waals surface area contributed by atoms with E-state index in [1.165, 1.54) is 0 Å². The molecule has 0 aliphatic heterocycles. The normalized spacial score (nSPS) is 11.6. The third kappa shape index (κ3) is 4.11. The van der Waals surface area contributed by atoms with E-state index < -0.39 is 10.0 Å². The molecule has 2 rings (SSSR count). The number of hydrogen-bond donors (Lipinski definition) is 1. The molecule has 2 aromatic rings. The molecule has 0 amide bonds. The Labute approximate surface area is 131 Å². The Kier molecular flexibility index (Phi) is 5.26. The summed E-state index contributed by atoms with van der Waals surface area (Å²) in [6.07, 6.45) is 0.908. The van der Waals surface area contributed by atoms with Gasteiger partial charge in [-0.05, 0) is 50.6 Å². The molecule has 0 unspecified atom stereocenters. The molecule has 0 fully saturated rings. The van der Waals surface area contributed by atoms with Crippen LogP contribution in [0.2, 0.25) is 0 Å². The molecular weight excluding hydrogens is 302 g/mol. The fourth-order valence-corrected chi connectivity index (χ4v) is 3.06. The lowest BCUT2D eigenvalue weighted by molar-refractivity contribution is 0.317. The molecule has 0 bridgehead atoms. The topological polar surface area (TPSA) is 68.5 Å². The van der Waals surface area contributed by atoms with Gasteiger partial charge >= 0.3 is 0 Å². The summed E-state index contributed by atoms with van der Waals surface area (Å²) in [6.45, 7) is 6.49. The van der Waals surface area contributed by atoms with Crippen LogP contribution in [0.25, 0.3) is 0 Å². The van der Waals surface area contributed by atoms with E-state index in [1.54, 1.807) is 24.3 Å². The minimum atomic E-state index is -3.55. The number of ether oxygens (including phenoxy) is 1. The van der Waals surface area contributed by atoms with Crippen LogP contribution in [-0.2, 0) is 16.6 Å². The summed E-state index contributed by atoms with van der Waals surface area (Å²) in [5.74, 6) is 2.16. The van der Waals surface area contributed by atoms with Gasteiger partial charge < -0.3 is 9.15 Å². The van der Waals surface area contributed by atoms with E-state index in [2.05, 4.69) is 4.72 Å². The van der Waals surface area contributed by atoms with Crippen molar-refractivity contribution in [1.29, 1.82) is 0 Å². The molecule has 5 nitrogen and oxygen atoms in total. The molecule has 1 heterocycles. The van der Waals surface area contributed by atoms with Gasteiger partial charge in [0, 0.05) is 12.1 Å². The zero-order valence-electron chi connectivity index (χ0n) is 13.0. The molecule has 0 radical (unpaired) electrons. The molecule has 0 saturated carbocycles. The Balaban J connectivity index is 2.05. The van der Waals surface area contributed by atoms with Crippen molar-refractivity contribution in [3.8, 4) is 5.75 Å². The van der Waals surface area contributed by atoms with Gasteiger partial charge in [0.05, 0.1) is 11.5 Å². The fourth-order valence-electron chi connectivity index (χ4n) is 2.05. The second kappa shape index (κ2) is 6.98. The maximum Gasteiger partial charge on any atom is 0.240 e. The number of rotatable bonds is 7. The van der Waals surface area contributed by atoms with Crippen molar-refractivity contribution in [2.75, 3.05) is 6.61 Å². The van der Waals surface area contributed by atoms with Crippen LogP contribution in [0, 0.1) is 13.8 Å². The minimum Gasteiger partial charge on any atom is -0.494 e. The van der Waals surface area contributed by atoms with Crippen molar-refractivity contribution in [2.45, 2.75) is 38.6 Å². The van der Waals surface area contributed by atoms with Crippen molar-refractivity contribution in [2.24, 2.45) is 0 Å². The third-order valence-corrected chi connectivity index (χ3v) is 4.62. The lowest BCUT2D eigenvalue weighted by Gasteiger charge is -2.08. The van der Waals surface area contributed by atoms with E-state index in [0.29, 0.717) is 12.4 Å². The average Bonchev–Trinajstić information content (AvgIpc) is 2.81. The molecule has 0 aliphatic rings. The summed E-state index contributed by atoms with van der Waals surface area (Å²) < 4.78 is 37.9. The average molecular weight is 323 g/mol. The van der Waals surface area contributed by atoms with Crippen LogP contribution >= 0.6 is 0 Å². The van der Waals surface area contributed by atoms with Gasteiger partial charge in [0.2, 0.25) is 10.0 Å². The number of hydrogen-bond acceptors (Lipinski definition) is 4. The first-order chi connectivity index (χ1) is 10.4. The predicted octanol–water partition coefficient (Wildman–Crippen LogP) is 3.16. The molecule has 6 heteroatoms. The van der Waals surface area contributed by atoms with Crippen LogP contribution in [0.3, 0.4) is 0 Å². The van der Waals surface area contributed by atoms with Gasteiger partial charge in [0.15, 0.2) is 0 Å². The molecular formula is C16H21NO4S. The molecule has 1 N–H and O–H groups in total. The number of nitrogens with one attached hydrogen (secondary N) is 1. The van der Waals surface area contributed by atoms with Crippen LogP contribution in [0.15, 0.2) is 39.6 Å². The second-order valence-corrected chi connectivity index (χ2v) is 6.85. The van der Waals surface area contributed by atoms with Crippen molar-refractivity contribution >= 4 is 10.0 Å². The number of furan rings is 1. The zero-order chi connectivity index (χ0) is 16.2. The van der Waals surface area contributed by atoms with Crippen LogP contribution < -0.4 is 9.46 Å². The summed E-state index contributed by atoms with van der Waals surface area (Å²) in [5.41, 5.74) is 0.837. The third-order valence-electron chi connectivity index (χ3n) is 3.20. The molecule has 120 valence electrons. The molecule has 0 saturated heterocycles. The summed E-state index contributed by atoms with van der Waals surface area (Å²) in [5, 5.41) is 0. The fraction of sp³-hybridized carbons (Fsp3) is 0.375. The Bertz CT molecular complexity index is 717. The summed E-state index contributed by atoms with van der Waals surface area (Å²) in [4.78, 5) is 0.217. The number of benzene rings is 1. The monoisotopic (exact) mass is 323 g/mol. The number of aryl methyl sites for hydroxylation is 2. The molecule has 0 atom stereocenters. The SMILES string of the molecule is CCCOc1ccc(S(=O)(=O)NCc2cc(C)oc2C)cc1. The van der Waals surface area contributed by atoms with Gasteiger partial charge in [-0.2, -0.15) is 0 Å². The van der Waals surface area contributed by atoms with Crippen LogP contribution in [0.5, 0.6) is 5.75 Å². The second-order valence-electron chi connectivity index (χ2n) is 5.08. The van der Waals surface area contributed by atoms with Gasteiger partial charge in [-0.25, -0.2) is 13.1 Å². The first kappa shape index (κ1) is 16.6. The molecule has 1 aromatic heterocycles. The quantitative estimate of drug-likeness (QED) is 0.850. The van der Waals surface area contributed by atoms with Gasteiger partial charge in [-0.1, -0.05) is 6.92 Å². The molecule has 0 aliphatic carbocycles. The highest BCUT2D eigenvalue weighted by molar-refractivity contribution is 7.89.